The molecule has 15 rings (SSSR count). The van der Waals surface area contributed by atoms with Gasteiger partial charge in [0.2, 0.25) is 0 Å². The molecule has 320 valence electrons. The minimum absolute atomic E-state index is 0.475. The summed E-state index contributed by atoms with van der Waals surface area (Å²) in [6.45, 7) is 0. The van der Waals surface area contributed by atoms with Crippen molar-refractivity contribution in [3.8, 4) is 39.1 Å². The Morgan fingerprint density at radius 3 is 1.48 bits per heavy atom. The maximum Gasteiger partial charge on any atom is 0.0726 e. The van der Waals surface area contributed by atoms with Crippen LogP contribution in [0.1, 0.15) is 22.3 Å². The lowest BCUT2D eigenvalue weighted by atomic mass is 9.70. The zero-order valence-corrected chi connectivity index (χ0v) is 37.6. The molecule has 0 amide bonds. The van der Waals surface area contributed by atoms with Gasteiger partial charge in [0.15, 0.2) is 0 Å². The van der Waals surface area contributed by atoms with Gasteiger partial charge < -0.3 is 9.47 Å². The van der Waals surface area contributed by atoms with Gasteiger partial charge in [0, 0.05) is 33.3 Å². The van der Waals surface area contributed by atoms with Crippen LogP contribution in [0.2, 0.25) is 0 Å². The van der Waals surface area contributed by atoms with Crippen LogP contribution in [-0.2, 0) is 5.41 Å². The maximum absolute atomic E-state index is 2.57. The van der Waals surface area contributed by atoms with Gasteiger partial charge in [-0.15, -0.1) is 0 Å². The third-order valence-corrected chi connectivity index (χ3v) is 15.4. The molecule has 0 saturated carbocycles. The van der Waals surface area contributed by atoms with Crippen molar-refractivity contribution in [2.75, 3.05) is 4.90 Å². The minimum Gasteiger partial charge on any atom is -0.309 e. The average molecular weight is 875 g/mol. The third-order valence-electron chi connectivity index (χ3n) is 15.4. The fourth-order valence-corrected chi connectivity index (χ4v) is 12.7. The van der Waals surface area contributed by atoms with Crippen molar-refractivity contribution < 1.29 is 0 Å². The molecule has 2 aliphatic carbocycles. The molecule has 0 radical (unpaired) electrons. The van der Waals surface area contributed by atoms with Crippen molar-refractivity contribution in [1.29, 1.82) is 0 Å². The summed E-state index contributed by atoms with van der Waals surface area (Å²) < 4.78 is 2.40. The molecule has 0 N–H and O–H groups in total. The van der Waals surface area contributed by atoms with Crippen molar-refractivity contribution in [3.63, 3.8) is 0 Å². The zero-order valence-electron chi connectivity index (χ0n) is 37.6. The monoisotopic (exact) mass is 874 g/mol. The highest BCUT2D eigenvalue weighted by atomic mass is 15.1. The summed E-state index contributed by atoms with van der Waals surface area (Å²) in [7, 11) is 0. The summed E-state index contributed by atoms with van der Waals surface area (Å²) in [6.07, 6.45) is 0. The molecule has 0 aliphatic heterocycles. The summed E-state index contributed by atoms with van der Waals surface area (Å²) in [5, 5.41) is 10.0. The van der Waals surface area contributed by atoms with Crippen molar-refractivity contribution in [2.45, 2.75) is 5.41 Å². The Morgan fingerprint density at radius 1 is 0.290 bits per heavy atom. The topological polar surface area (TPSA) is 8.17 Å². The van der Waals surface area contributed by atoms with Crippen molar-refractivity contribution in [1.82, 2.24) is 4.57 Å². The molecule has 0 bridgehead atoms. The predicted molar refractivity (Wildman–Crippen MR) is 290 cm³/mol. The molecule has 2 nitrogen and oxygen atoms in total. The van der Waals surface area contributed by atoms with E-state index in [1.165, 1.54) is 104 Å². The van der Waals surface area contributed by atoms with Gasteiger partial charge in [-0.2, -0.15) is 0 Å². The molecule has 0 saturated heterocycles. The number of nitrogens with zero attached hydrogens (tertiary/aromatic N) is 2. The van der Waals surface area contributed by atoms with Crippen LogP contribution in [0.25, 0.3) is 93.2 Å². The Kier molecular flexibility index (Phi) is 8.02. The number of anilines is 3. The Bertz CT molecular complexity index is 4190. The lowest BCUT2D eigenvalue weighted by Crippen LogP contribution is -2.26. The molecule has 2 heteroatoms. The quantitative estimate of drug-likeness (QED) is 0.156. The van der Waals surface area contributed by atoms with Crippen LogP contribution in [0.15, 0.2) is 255 Å². The number of fused-ring (bicyclic) bond motifs is 19. The Labute approximate surface area is 400 Å². The Hall–Kier alpha value is -8.98. The molecule has 69 heavy (non-hydrogen) atoms. The number of hydrogen-bond donors (Lipinski definition) is 0. The first-order chi connectivity index (χ1) is 34.3. The van der Waals surface area contributed by atoms with Gasteiger partial charge in [-0.3, -0.25) is 0 Å². The zero-order chi connectivity index (χ0) is 45.2. The number of aromatic nitrogens is 1. The van der Waals surface area contributed by atoms with Gasteiger partial charge in [-0.05, 0) is 131 Å². The van der Waals surface area contributed by atoms with Gasteiger partial charge in [0.25, 0.3) is 0 Å². The molecular formula is C67H42N2. The predicted octanol–water partition coefficient (Wildman–Crippen LogP) is 17.7. The summed E-state index contributed by atoms with van der Waals surface area (Å²) in [5.74, 6) is 0. The van der Waals surface area contributed by atoms with E-state index in [1.54, 1.807) is 0 Å². The van der Waals surface area contributed by atoms with E-state index in [1.807, 2.05) is 0 Å². The van der Waals surface area contributed by atoms with Crippen molar-refractivity contribution in [2.24, 2.45) is 0 Å². The van der Waals surface area contributed by atoms with Gasteiger partial charge >= 0.3 is 0 Å². The molecule has 1 spiro atoms. The first-order valence-electron chi connectivity index (χ1n) is 24.0. The second kappa shape index (κ2) is 14.5. The molecule has 2 aliphatic rings. The van der Waals surface area contributed by atoms with Crippen molar-refractivity contribution >= 4 is 71.2 Å². The Morgan fingerprint density at radius 2 is 0.783 bits per heavy atom. The highest BCUT2D eigenvalue weighted by Gasteiger charge is 2.52. The third kappa shape index (κ3) is 5.20. The largest absolute Gasteiger partial charge is 0.309 e. The molecule has 0 fully saturated rings. The van der Waals surface area contributed by atoms with Crippen molar-refractivity contribution in [3.05, 3.63) is 277 Å². The van der Waals surface area contributed by atoms with Crippen LogP contribution in [0.4, 0.5) is 17.1 Å². The van der Waals surface area contributed by atoms with E-state index in [4.69, 9.17) is 0 Å². The first kappa shape index (κ1) is 38.2. The summed E-state index contributed by atoms with van der Waals surface area (Å²) in [5.41, 5.74) is 19.2. The highest BCUT2D eigenvalue weighted by molar-refractivity contribution is 6.26. The molecule has 0 unspecified atom stereocenters. The fourth-order valence-electron chi connectivity index (χ4n) is 12.7. The molecule has 1 aromatic heterocycles. The maximum atomic E-state index is 2.57. The van der Waals surface area contributed by atoms with Gasteiger partial charge in [0.05, 0.1) is 27.8 Å². The van der Waals surface area contributed by atoms with Crippen LogP contribution in [0.5, 0.6) is 0 Å². The van der Waals surface area contributed by atoms with Crippen LogP contribution < -0.4 is 4.90 Å². The van der Waals surface area contributed by atoms with E-state index in [9.17, 15) is 0 Å². The van der Waals surface area contributed by atoms with Gasteiger partial charge in [-0.25, -0.2) is 0 Å². The number of para-hydroxylation sites is 3. The van der Waals surface area contributed by atoms with Gasteiger partial charge in [0.1, 0.15) is 0 Å². The molecule has 12 aromatic carbocycles. The normalized spacial score (nSPS) is 13.0. The standard InChI is InChI=1S/C67H42N2/c1-2-19-44(20-3-1)68-63-35-17-12-28-54(63)57-41-43(37-40-64(57)68)46-21-11-16-34-62(46)69(45-38-39-51-49-24-5-4-22-47(49)48-23-6-7-25-50(48)56(51)42-45)65-36-18-33-61-66(65)55-29-10-15-32-60(55)67(61)58-30-13-8-26-52(58)53-27-9-14-31-59(53)67/h1-42H. The van der Waals surface area contributed by atoms with E-state index in [0.29, 0.717) is 0 Å². The highest BCUT2D eigenvalue weighted by Crippen LogP contribution is 2.65. The fraction of sp³-hybridized carbons (Fsp3) is 0.0149. The number of benzene rings is 12. The van der Waals surface area contributed by atoms with Gasteiger partial charge in [-0.1, -0.05) is 200 Å². The van der Waals surface area contributed by atoms with Crippen LogP contribution in [0.3, 0.4) is 0 Å². The van der Waals surface area contributed by atoms with E-state index in [0.717, 1.165) is 28.3 Å². The molecule has 0 atom stereocenters. The van der Waals surface area contributed by atoms with E-state index < -0.39 is 5.41 Å². The molecular weight excluding hydrogens is 833 g/mol. The lowest BCUT2D eigenvalue weighted by Gasteiger charge is -2.32. The second-order valence-electron chi connectivity index (χ2n) is 18.7. The first-order valence-corrected chi connectivity index (χ1v) is 24.0. The molecule has 13 aromatic rings. The molecule has 1 heterocycles. The summed E-state index contributed by atoms with van der Waals surface area (Å²) in [4.78, 5) is 2.57. The number of hydrogen-bond acceptors (Lipinski definition) is 1. The SMILES string of the molecule is c1ccc(-n2c3ccccc3c3cc(-c4ccccc4N(c4ccc5c6ccccc6c6ccccc6c5c4)c4cccc5c4-c4ccccc4C54c5ccccc5-c5ccccc54)ccc32)cc1. The van der Waals surface area contributed by atoms with E-state index in [-0.39, 0.29) is 0 Å². The smallest absolute Gasteiger partial charge is 0.0726 e. The van der Waals surface area contributed by atoms with E-state index >= 15 is 0 Å². The van der Waals surface area contributed by atoms with Crippen LogP contribution >= 0.6 is 0 Å². The van der Waals surface area contributed by atoms with Crippen LogP contribution in [-0.4, -0.2) is 4.57 Å². The minimum atomic E-state index is -0.475. The second-order valence-corrected chi connectivity index (χ2v) is 18.7. The Balaban J connectivity index is 1.03. The number of rotatable bonds is 5. The van der Waals surface area contributed by atoms with Crippen LogP contribution in [0, 0.1) is 0 Å². The lowest BCUT2D eigenvalue weighted by molar-refractivity contribution is 0.794. The summed E-state index contributed by atoms with van der Waals surface area (Å²) >= 11 is 0. The average Bonchev–Trinajstić information content (AvgIpc) is 4.03. The van der Waals surface area contributed by atoms with E-state index in [2.05, 4.69) is 264 Å². The summed E-state index contributed by atoms with van der Waals surface area (Å²) in [6, 6.07) is 95.0.